The van der Waals surface area contributed by atoms with Gasteiger partial charge in [0.25, 0.3) is 11.8 Å². The summed E-state index contributed by atoms with van der Waals surface area (Å²) in [7, 11) is 0. The summed E-state index contributed by atoms with van der Waals surface area (Å²) in [6, 6.07) is 6.24. The molecule has 232 valence electrons. The predicted octanol–water partition coefficient (Wildman–Crippen LogP) is 3.26. The van der Waals surface area contributed by atoms with Gasteiger partial charge in [-0.15, -0.1) is 0 Å². The van der Waals surface area contributed by atoms with Gasteiger partial charge in [-0.05, 0) is 56.0 Å². The first-order chi connectivity index (χ1) is 20.8. The highest BCUT2D eigenvalue weighted by Gasteiger charge is 2.37. The Morgan fingerprint density at radius 3 is 2.16 bits per heavy atom. The molecule has 2 amide bonds. The highest BCUT2D eigenvalue weighted by Crippen LogP contribution is 2.43. The smallest absolute Gasteiger partial charge is 0.255 e. The van der Waals surface area contributed by atoms with Gasteiger partial charge in [-0.25, -0.2) is 18.2 Å². The number of pyridine rings is 1. The number of nitrogens with one attached hydrogen (secondary N) is 2. The zero-order valence-electron chi connectivity index (χ0n) is 24.3. The van der Waals surface area contributed by atoms with Gasteiger partial charge in [0.05, 0.1) is 5.56 Å². The summed E-state index contributed by atoms with van der Waals surface area (Å²) < 4.78 is 48.5. The van der Waals surface area contributed by atoms with Crippen molar-refractivity contribution in [2.45, 2.75) is 50.0 Å². The van der Waals surface area contributed by atoms with Crippen molar-refractivity contribution in [2.24, 2.45) is 0 Å². The Balaban J connectivity index is 1.13. The molecule has 12 heteroatoms. The number of benzene rings is 1. The summed E-state index contributed by atoms with van der Waals surface area (Å²) in [4.78, 5) is 36.8. The maximum absolute atomic E-state index is 14.5. The van der Waals surface area contributed by atoms with Crippen LogP contribution in [0.3, 0.4) is 0 Å². The molecule has 3 saturated heterocycles. The number of piperazine rings is 2. The summed E-state index contributed by atoms with van der Waals surface area (Å²) >= 11 is 0. The molecule has 1 saturated carbocycles. The number of rotatable bonds is 6. The first-order valence-electron chi connectivity index (χ1n) is 15.4. The number of amides is 2. The number of halogens is 3. The van der Waals surface area contributed by atoms with Crippen molar-refractivity contribution in [1.29, 1.82) is 0 Å². The number of anilines is 1. The quantitative estimate of drug-likeness (QED) is 0.526. The van der Waals surface area contributed by atoms with Gasteiger partial charge < -0.3 is 30.1 Å². The van der Waals surface area contributed by atoms with Gasteiger partial charge in [-0.1, -0.05) is 0 Å². The standard InChI is InChI=1S/C31H39F3N6O3/c32-24-15-22(16-25(18-24)38-9-7-35-8-10-38)29(41)39-11-13-40(14-12-39)30(42)23-17-27(21-1-4-31(33,34)5-2-21)28(37-19-23)43-26-3-6-36-20-26/h15-19,21,26,35-36H,1-14,20H2/t26-/m0/s1. The molecule has 1 atom stereocenters. The monoisotopic (exact) mass is 600 g/mol. The highest BCUT2D eigenvalue weighted by molar-refractivity contribution is 5.96. The van der Waals surface area contributed by atoms with E-state index in [1.165, 1.54) is 18.3 Å². The van der Waals surface area contributed by atoms with E-state index in [0.717, 1.165) is 39.1 Å². The Bertz CT molecular complexity index is 1310. The number of hydrogen-bond donors (Lipinski definition) is 2. The summed E-state index contributed by atoms with van der Waals surface area (Å²) in [6.07, 6.45) is 2.51. The maximum atomic E-state index is 14.5. The minimum atomic E-state index is -2.66. The predicted molar refractivity (Wildman–Crippen MR) is 156 cm³/mol. The van der Waals surface area contributed by atoms with E-state index in [-0.39, 0.29) is 36.7 Å². The van der Waals surface area contributed by atoms with Crippen LogP contribution in [0.1, 0.15) is 64.3 Å². The van der Waals surface area contributed by atoms with Crippen LogP contribution in [0.4, 0.5) is 18.9 Å². The molecule has 1 aliphatic carbocycles. The second-order valence-electron chi connectivity index (χ2n) is 12.0. The Hall–Kier alpha value is -3.38. The van der Waals surface area contributed by atoms with E-state index in [4.69, 9.17) is 4.74 Å². The van der Waals surface area contributed by atoms with Gasteiger partial charge in [-0.3, -0.25) is 9.59 Å². The number of alkyl halides is 2. The van der Waals surface area contributed by atoms with Crippen LogP contribution in [0.25, 0.3) is 0 Å². The lowest BCUT2D eigenvalue weighted by Gasteiger charge is -2.35. The molecule has 1 aromatic heterocycles. The number of ether oxygens (including phenoxy) is 1. The van der Waals surface area contributed by atoms with Gasteiger partial charge in [0.2, 0.25) is 11.8 Å². The van der Waals surface area contributed by atoms with Crippen LogP contribution in [0, 0.1) is 5.82 Å². The fourth-order valence-corrected chi connectivity index (χ4v) is 6.50. The van der Waals surface area contributed by atoms with Crippen molar-refractivity contribution in [3.63, 3.8) is 0 Å². The first kappa shape index (κ1) is 29.7. The number of aromatic nitrogens is 1. The number of carbonyl (C=O) groups excluding carboxylic acids is 2. The van der Waals surface area contributed by atoms with Crippen LogP contribution in [0.5, 0.6) is 5.88 Å². The van der Waals surface area contributed by atoms with Crippen molar-refractivity contribution in [3.05, 3.63) is 53.0 Å². The first-order valence-corrected chi connectivity index (χ1v) is 15.4. The van der Waals surface area contributed by atoms with Gasteiger partial charge in [0.15, 0.2) is 0 Å². The third-order valence-electron chi connectivity index (χ3n) is 9.04. The molecule has 4 fully saturated rings. The largest absolute Gasteiger partial charge is 0.473 e. The molecule has 4 aliphatic rings. The van der Waals surface area contributed by atoms with E-state index in [1.807, 2.05) is 0 Å². The lowest BCUT2D eigenvalue weighted by atomic mass is 9.82. The normalized spacial score (nSPS) is 23.0. The Morgan fingerprint density at radius 2 is 1.51 bits per heavy atom. The average Bonchev–Trinajstić information content (AvgIpc) is 3.54. The van der Waals surface area contributed by atoms with Crippen molar-refractivity contribution in [1.82, 2.24) is 25.4 Å². The second kappa shape index (κ2) is 12.7. The molecule has 2 N–H and O–H groups in total. The highest BCUT2D eigenvalue weighted by atomic mass is 19.3. The summed E-state index contributed by atoms with van der Waals surface area (Å²) in [5, 5.41) is 6.52. The molecular weight excluding hydrogens is 561 g/mol. The molecule has 4 heterocycles. The van der Waals surface area contributed by atoms with Crippen molar-refractivity contribution >= 4 is 17.5 Å². The maximum Gasteiger partial charge on any atom is 0.255 e. The third-order valence-corrected chi connectivity index (χ3v) is 9.04. The Morgan fingerprint density at radius 1 is 0.837 bits per heavy atom. The molecule has 2 aromatic rings. The molecule has 1 aromatic carbocycles. The molecule has 43 heavy (non-hydrogen) atoms. The van der Waals surface area contributed by atoms with Crippen LogP contribution in [0.15, 0.2) is 30.5 Å². The summed E-state index contributed by atoms with van der Waals surface area (Å²) in [6.45, 7) is 5.91. The Kier molecular flexibility index (Phi) is 8.76. The SMILES string of the molecule is O=C(c1cc(F)cc(N2CCNCC2)c1)N1CCN(C(=O)c2cnc(O[C@H]3CCNC3)c(C3CCC(F)(F)CC3)c2)CC1. The van der Waals surface area contributed by atoms with E-state index >= 15 is 0 Å². The fraction of sp³-hybridized carbons (Fsp3) is 0.581. The van der Waals surface area contributed by atoms with Crippen LogP contribution in [-0.4, -0.2) is 104 Å². The zero-order valence-corrected chi connectivity index (χ0v) is 24.3. The van der Waals surface area contributed by atoms with Gasteiger partial charge in [-0.2, -0.15) is 0 Å². The van der Waals surface area contributed by atoms with E-state index < -0.39 is 11.7 Å². The van der Waals surface area contributed by atoms with E-state index in [2.05, 4.69) is 20.5 Å². The minimum absolute atomic E-state index is 0.0468. The lowest BCUT2D eigenvalue weighted by Crippen LogP contribution is -2.50. The third kappa shape index (κ3) is 6.90. The van der Waals surface area contributed by atoms with E-state index in [9.17, 15) is 22.8 Å². The minimum Gasteiger partial charge on any atom is -0.473 e. The molecule has 0 bridgehead atoms. The molecular formula is C31H39F3N6O3. The van der Waals surface area contributed by atoms with Crippen LogP contribution < -0.4 is 20.3 Å². The topological polar surface area (TPSA) is 90.0 Å². The molecule has 3 aliphatic heterocycles. The number of hydrogen-bond acceptors (Lipinski definition) is 7. The molecule has 0 radical (unpaired) electrons. The molecule has 6 rings (SSSR count). The lowest BCUT2D eigenvalue weighted by molar-refractivity contribution is -0.0385. The van der Waals surface area contributed by atoms with Crippen LogP contribution in [-0.2, 0) is 0 Å². The van der Waals surface area contributed by atoms with Crippen molar-refractivity contribution in [3.8, 4) is 5.88 Å². The number of nitrogens with zero attached hydrogens (tertiary/aromatic N) is 4. The van der Waals surface area contributed by atoms with Gasteiger partial charge in [0.1, 0.15) is 11.9 Å². The molecule has 9 nitrogen and oxygen atoms in total. The van der Waals surface area contributed by atoms with Crippen LogP contribution >= 0.6 is 0 Å². The fourth-order valence-electron chi connectivity index (χ4n) is 6.50. The summed E-state index contributed by atoms with van der Waals surface area (Å²) in [5.41, 5.74) is 2.09. The van der Waals surface area contributed by atoms with Crippen molar-refractivity contribution < 1.29 is 27.5 Å². The van der Waals surface area contributed by atoms with Gasteiger partial charge in [0, 0.05) is 94.8 Å². The Labute approximate surface area is 249 Å². The van der Waals surface area contributed by atoms with E-state index in [0.29, 0.717) is 73.8 Å². The van der Waals surface area contributed by atoms with E-state index in [1.54, 1.807) is 21.9 Å². The zero-order chi connectivity index (χ0) is 30.0. The number of carbonyl (C=O) groups is 2. The van der Waals surface area contributed by atoms with Gasteiger partial charge >= 0.3 is 0 Å². The average molecular weight is 601 g/mol. The molecule has 0 spiro atoms. The second-order valence-corrected chi connectivity index (χ2v) is 12.0. The van der Waals surface area contributed by atoms with Crippen molar-refractivity contribution in [2.75, 3.05) is 70.3 Å². The van der Waals surface area contributed by atoms with Crippen LogP contribution in [0.2, 0.25) is 0 Å². The molecule has 0 unspecified atom stereocenters. The summed E-state index contributed by atoms with van der Waals surface area (Å²) in [5.74, 6) is -3.33.